The molecule has 1 aromatic carbocycles. The maximum atomic E-state index is 5.97. The van der Waals surface area contributed by atoms with E-state index in [2.05, 4.69) is 51.4 Å². The molecule has 0 saturated carbocycles. The lowest BCUT2D eigenvalue weighted by Gasteiger charge is -2.28. The van der Waals surface area contributed by atoms with Gasteiger partial charge in [0.1, 0.15) is 16.5 Å². The summed E-state index contributed by atoms with van der Waals surface area (Å²) < 4.78 is 11.5. The van der Waals surface area contributed by atoms with E-state index in [1.807, 2.05) is 24.3 Å². The molecular weight excluding hydrogens is 434 g/mol. The fourth-order valence-electron chi connectivity index (χ4n) is 3.66. The summed E-state index contributed by atoms with van der Waals surface area (Å²) >= 11 is 1.58. The molecule has 0 amide bonds. The van der Waals surface area contributed by atoms with Crippen LogP contribution in [-0.2, 0) is 11.2 Å². The van der Waals surface area contributed by atoms with Gasteiger partial charge in [0, 0.05) is 48.4 Å². The van der Waals surface area contributed by atoms with Gasteiger partial charge in [0.05, 0.1) is 25.5 Å². The number of rotatable bonds is 7. The highest BCUT2D eigenvalue weighted by molar-refractivity contribution is 7.13. The molecule has 0 atom stereocenters. The minimum atomic E-state index is 0.359. The first-order valence-electron chi connectivity index (χ1n) is 11.0. The maximum Gasteiger partial charge on any atom is 0.319 e. The first-order chi connectivity index (χ1) is 16.2. The van der Waals surface area contributed by atoms with Crippen molar-refractivity contribution in [3.63, 3.8) is 0 Å². The SMILES string of the molecule is Cc1cccc(-c2csc(-c3cc(N4CCOCC4)nc(OCCc4ccccn4)n3)n2)c1. The van der Waals surface area contributed by atoms with Gasteiger partial charge in [-0.05, 0) is 25.1 Å². The van der Waals surface area contributed by atoms with E-state index in [9.17, 15) is 0 Å². The van der Waals surface area contributed by atoms with Crippen LogP contribution in [0, 0.1) is 6.92 Å². The van der Waals surface area contributed by atoms with Crippen LogP contribution in [0.5, 0.6) is 6.01 Å². The van der Waals surface area contributed by atoms with E-state index in [0.717, 1.165) is 46.6 Å². The molecule has 5 rings (SSSR count). The second-order valence-electron chi connectivity index (χ2n) is 7.82. The normalized spacial score (nSPS) is 13.8. The molecule has 1 aliphatic heterocycles. The van der Waals surface area contributed by atoms with Crippen molar-refractivity contribution >= 4 is 17.2 Å². The van der Waals surface area contributed by atoms with Crippen LogP contribution in [0.15, 0.2) is 60.1 Å². The number of hydrogen-bond acceptors (Lipinski definition) is 8. The summed E-state index contributed by atoms with van der Waals surface area (Å²) in [6.45, 7) is 5.49. The van der Waals surface area contributed by atoms with Gasteiger partial charge in [0.15, 0.2) is 0 Å². The Bertz CT molecular complexity index is 1210. The molecule has 0 N–H and O–H groups in total. The standard InChI is InChI=1S/C25H25N5O2S/c1-18-5-4-6-19(15-18)22-17-33-24(27-22)21-16-23(30-10-13-31-14-11-30)29-25(28-21)32-12-8-20-7-2-3-9-26-20/h2-7,9,15-17H,8,10-14H2,1H3. The molecule has 0 aliphatic carbocycles. The van der Waals surface area contributed by atoms with Gasteiger partial charge in [0.2, 0.25) is 0 Å². The second kappa shape index (κ2) is 10.1. The number of aromatic nitrogens is 4. The Morgan fingerprint density at radius 2 is 1.91 bits per heavy atom. The summed E-state index contributed by atoms with van der Waals surface area (Å²) in [6, 6.07) is 16.6. The molecule has 168 valence electrons. The summed E-state index contributed by atoms with van der Waals surface area (Å²) in [5.74, 6) is 0.837. The first-order valence-corrected chi connectivity index (χ1v) is 11.9. The van der Waals surface area contributed by atoms with E-state index in [1.54, 1.807) is 17.5 Å². The van der Waals surface area contributed by atoms with Crippen molar-refractivity contribution in [2.45, 2.75) is 13.3 Å². The maximum absolute atomic E-state index is 5.97. The van der Waals surface area contributed by atoms with Crippen molar-refractivity contribution in [3.05, 3.63) is 71.4 Å². The van der Waals surface area contributed by atoms with Gasteiger partial charge >= 0.3 is 6.01 Å². The summed E-state index contributed by atoms with van der Waals surface area (Å²) in [4.78, 5) is 20.8. The third-order valence-electron chi connectivity index (χ3n) is 5.38. The van der Waals surface area contributed by atoms with Crippen LogP contribution in [0.25, 0.3) is 22.0 Å². The molecule has 4 heterocycles. The van der Waals surface area contributed by atoms with E-state index < -0.39 is 0 Å². The van der Waals surface area contributed by atoms with Crippen molar-refractivity contribution in [3.8, 4) is 28.0 Å². The third kappa shape index (κ3) is 5.35. The average molecular weight is 460 g/mol. The molecule has 7 nitrogen and oxygen atoms in total. The molecule has 0 spiro atoms. The van der Waals surface area contributed by atoms with Gasteiger partial charge in [-0.2, -0.15) is 9.97 Å². The second-order valence-corrected chi connectivity index (χ2v) is 8.68. The van der Waals surface area contributed by atoms with Crippen molar-refractivity contribution in [1.82, 2.24) is 19.9 Å². The van der Waals surface area contributed by atoms with Crippen LogP contribution in [0.1, 0.15) is 11.3 Å². The Balaban J connectivity index is 1.41. The zero-order valence-corrected chi connectivity index (χ0v) is 19.3. The van der Waals surface area contributed by atoms with Crippen LogP contribution in [0.4, 0.5) is 5.82 Å². The molecule has 0 radical (unpaired) electrons. The van der Waals surface area contributed by atoms with Crippen LogP contribution in [-0.4, -0.2) is 52.8 Å². The van der Waals surface area contributed by atoms with E-state index in [1.165, 1.54) is 5.56 Å². The number of hydrogen-bond donors (Lipinski definition) is 0. The summed E-state index contributed by atoms with van der Waals surface area (Å²) in [7, 11) is 0. The zero-order valence-electron chi connectivity index (χ0n) is 18.5. The monoisotopic (exact) mass is 459 g/mol. The minimum absolute atomic E-state index is 0.359. The quantitative estimate of drug-likeness (QED) is 0.405. The number of anilines is 1. The lowest BCUT2D eigenvalue weighted by Crippen LogP contribution is -2.36. The Hall–Kier alpha value is -3.36. The average Bonchev–Trinajstić information content (AvgIpc) is 3.36. The van der Waals surface area contributed by atoms with Crippen LogP contribution >= 0.6 is 11.3 Å². The molecule has 8 heteroatoms. The molecule has 4 aromatic rings. The first kappa shape index (κ1) is 21.5. The topological polar surface area (TPSA) is 73.3 Å². The van der Waals surface area contributed by atoms with Crippen LogP contribution < -0.4 is 9.64 Å². The number of thiazole rings is 1. The van der Waals surface area contributed by atoms with Gasteiger partial charge in [-0.3, -0.25) is 4.98 Å². The van der Waals surface area contributed by atoms with Gasteiger partial charge in [-0.25, -0.2) is 4.98 Å². The number of nitrogens with zero attached hydrogens (tertiary/aromatic N) is 5. The molecule has 1 saturated heterocycles. The fourth-order valence-corrected chi connectivity index (χ4v) is 4.45. The Labute approximate surface area is 197 Å². The lowest BCUT2D eigenvalue weighted by atomic mass is 10.1. The van der Waals surface area contributed by atoms with Crippen molar-refractivity contribution < 1.29 is 9.47 Å². The van der Waals surface area contributed by atoms with Gasteiger partial charge in [-0.15, -0.1) is 11.3 Å². The Morgan fingerprint density at radius 3 is 2.73 bits per heavy atom. The molecule has 1 aliphatic rings. The van der Waals surface area contributed by atoms with E-state index in [0.29, 0.717) is 32.3 Å². The van der Waals surface area contributed by atoms with Crippen molar-refractivity contribution in [2.24, 2.45) is 0 Å². The van der Waals surface area contributed by atoms with E-state index in [4.69, 9.17) is 19.4 Å². The molecule has 0 bridgehead atoms. The number of pyridine rings is 1. The van der Waals surface area contributed by atoms with Gasteiger partial charge in [0.25, 0.3) is 0 Å². The van der Waals surface area contributed by atoms with Gasteiger partial charge in [-0.1, -0.05) is 29.8 Å². The van der Waals surface area contributed by atoms with Gasteiger partial charge < -0.3 is 14.4 Å². The number of aryl methyl sites for hydroxylation is 1. The predicted octanol–water partition coefficient (Wildman–Crippen LogP) is 4.43. The molecule has 0 unspecified atom stereocenters. The third-order valence-corrected chi connectivity index (χ3v) is 6.24. The number of benzene rings is 1. The highest BCUT2D eigenvalue weighted by atomic mass is 32.1. The Morgan fingerprint density at radius 1 is 1.00 bits per heavy atom. The number of morpholine rings is 1. The van der Waals surface area contributed by atoms with Crippen LogP contribution in [0.2, 0.25) is 0 Å². The highest BCUT2D eigenvalue weighted by Gasteiger charge is 2.18. The molecule has 1 fully saturated rings. The minimum Gasteiger partial charge on any atom is -0.463 e. The molecular formula is C25H25N5O2S. The lowest BCUT2D eigenvalue weighted by molar-refractivity contribution is 0.122. The fraction of sp³-hybridized carbons (Fsp3) is 0.280. The molecule has 33 heavy (non-hydrogen) atoms. The summed E-state index contributed by atoms with van der Waals surface area (Å²) in [5.41, 5.74) is 5.00. The smallest absolute Gasteiger partial charge is 0.319 e. The zero-order chi connectivity index (χ0) is 22.5. The highest BCUT2D eigenvalue weighted by Crippen LogP contribution is 2.31. The van der Waals surface area contributed by atoms with Crippen molar-refractivity contribution in [2.75, 3.05) is 37.8 Å². The van der Waals surface area contributed by atoms with E-state index in [-0.39, 0.29) is 0 Å². The summed E-state index contributed by atoms with van der Waals surface area (Å²) in [5, 5.41) is 2.92. The van der Waals surface area contributed by atoms with Crippen LogP contribution in [0.3, 0.4) is 0 Å². The van der Waals surface area contributed by atoms with Crippen molar-refractivity contribution in [1.29, 1.82) is 0 Å². The summed E-state index contributed by atoms with van der Waals surface area (Å²) in [6.07, 6.45) is 2.48. The number of ether oxygens (including phenoxy) is 2. The molecule has 3 aromatic heterocycles. The van der Waals surface area contributed by atoms with E-state index >= 15 is 0 Å². The Kier molecular flexibility index (Phi) is 6.55. The largest absolute Gasteiger partial charge is 0.463 e. The predicted molar refractivity (Wildman–Crippen MR) is 130 cm³/mol.